The highest BCUT2D eigenvalue weighted by Crippen LogP contribution is 2.33. The van der Waals surface area contributed by atoms with E-state index in [-0.39, 0.29) is 18.1 Å². The lowest BCUT2D eigenvalue weighted by atomic mass is 10.1. The maximum Gasteiger partial charge on any atom is 0.263 e. The van der Waals surface area contributed by atoms with Gasteiger partial charge in [-0.2, -0.15) is 10.1 Å². The number of fused-ring (bicyclic) bond motifs is 1. The lowest BCUT2D eigenvalue weighted by Gasteiger charge is -2.19. The van der Waals surface area contributed by atoms with Crippen molar-refractivity contribution < 1.29 is 18.5 Å². The van der Waals surface area contributed by atoms with Crippen LogP contribution in [-0.2, 0) is 16.1 Å². The van der Waals surface area contributed by atoms with Gasteiger partial charge < -0.3 is 4.52 Å². The van der Waals surface area contributed by atoms with Gasteiger partial charge in [0.2, 0.25) is 11.7 Å². The number of benzene rings is 2. The molecule has 2 amide bonds. The molecule has 3 heterocycles. The zero-order valence-corrected chi connectivity index (χ0v) is 15.9. The predicted octanol–water partition coefficient (Wildman–Crippen LogP) is 3.02. The molecule has 30 heavy (non-hydrogen) atoms. The molecule has 0 bridgehead atoms. The topological polar surface area (TPSA) is 104 Å². The Morgan fingerprint density at radius 2 is 1.90 bits per heavy atom. The molecule has 0 unspecified atom stereocenters. The molecule has 2 aliphatic heterocycles. The normalized spacial score (nSPS) is 20.3. The maximum atomic E-state index is 13.6. The van der Waals surface area contributed by atoms with Crippen molar-refractivity contribution in [1.82, 2.24) is 15.1 Å². The first kappa shape index (κ1) is 18.4. The standard InChI is InChI=1S/C19H12ClFN6O3/c20-11-6-4-10(5-7-11)17-22-14(30-24-17)9-26-16-15(23-25-26)18(28)27(19(16)29)13-3-1-2-12(21)8-13/h1-8,15-16H,9H2/t15-,16+/m0/s1. The Kier molecular flexibility index (Phi) is 4.28. The summed E-state index contributed by atoms with van der Waals surface area (Å²) in [5.74, 6) is -1.11. The third-order valence-electron chi connectivity index (χ3n) is 4.79. The molecule has 0 saturated carbocycles. The average Bonchev–Trinajstić information content (AvgIpc) is 3.41. The van der Waals surface area contributed by atoms with Gasteiger partial charge in [-0.05, 0) is 42.5 Å². The van der Waals surface area contributed by atoms with Gasteiger partial charge in [0.05, 0.1) is 5.69 Å². The first-order valence-electron chi connectivity index (χ1n) is 8.90. The first-order chi connectivity index (χ1) is 14.5. The van der Waals surface area contributed by atoms with E-state index in [1.165, 1.54) is 23.2 Å². The van der Waals surface area contributed by atoms with Crippen molar-refractivity contribution >= 4 is 29.1 Å². The Morgan fingerprint density at radius 3 is 2.67 bits per heavy atom. The van der Waals surface area contributed by atoms with Gasteiger partial charge in [-0.1, -0.05) is 28.0 Å². The lowest BCUT2D eigenvalue weighted by molar-refractivity contribution is -0.123. The quantitative estimate of drug-likeness (QED) is 0.594. The van der Waals surface area contributed by atoms with E-state index >= 15 is 0 Å². The van der Waals surface area contributed by atoms with Crippen LogP contribution in [-0.4, -0.2) is 39.0 Å². The molecule has 1 saturated heterocycles. The van der Waals surface area contributed by atoms with E-state index < -0.39 is 29.7 Å². The number of hydrogen-bond acceptors (Lipinski definition) is 8. The van der Waals surface area contributed by atoms with Crippen LogP contribution in [0.2, 0.25) is 5.02 Å². The molecule has 1 aromatic heterocycles. The number of amides is 2. The van der Waals surface area contributed by atoms with Crippen molar-refractivity contribution in [2.75, 3.05) is 4.90 Å². The van der Waals surface area contributed by atoms with Crippen LogP contribution >= 0.6 is 11.6 Å². The largest absolute Gasteiger partial charge is 0.337 e. The number of rotatable bonds is 4. The van der Waals surface area contributed by atoms with Crippen molar-refractivity contribution in [1.29, 1.82) is 0 Å². The summed E-state index contributed by atoms with van der Waals surface area (Å²) in [5, 5.41) is 13.7. The SMILES string of the molecule is O=C1[C@H]2N=NN(Cc3nc(-c4ccc(Cl)cc4)no3)[C@H]2C(=O)N1c1cccc(F)c1. The Bertz CT molecular complexity index is 1180. The zero-order chi connectivity index (χ0) is 20.8. The maximum absolute atomic E-state index is 13.6. The van der Waals surface area contributed by atoms with E-state index in [0.717, 1.165) is 11.0 Å². The fraction of sp³-hybridized carbons (Fsp3) is 0.158. The fourth-order valence-electron chi connectivity index (χ4n) is 3.40. The molecule has 0 aliphatic carbocycles. The molecular formula is C19H12ClFN6O3. The summed E-state index contributed by atoms with van der Waals surface area (Å²) in [6, 6.07) is 10.2. The van der Waals surface area contributed by atoms with Gasteiger partial charge in [0.15, 0.2) is 12.1 Å². The molecular weight excluding hydrogens is 415 g/mol. The summed E-state index contributed by atoms with van der Waals surface area (Å²) < 4.78 is 18.8. The monoisotopic (exact) mass is 426 g/mol. The van der Waals surface area contributed by atoms with Crippen molar-refractivity contribution in [3.63, 3.8) is 0 Å². The van der Waals surface area contributed by atoms with Crippen LogP contribution in [0.5, 0.6) is 0 Å². The minimum atomic E-state index is -1.00. The molecule has 5 rings (SSSR count). The summed E-state index contributed by atoms with van der Waals surface area (Å²) in [5.41, 5.74) is 0.858. The molecule has 2 atom stereocenters. The Hall–Kier alpha value is -3.66. The van der Waals surface area contributed by atoms with Crippen LogP contribution in [0.3, 0.4) is 0 Å². The van der Waals surface area contributed by atoms with E-state index in [2.05, 4.69) is 20.5 Å². The summed E-state index contributed by atoms with van der Waals surface area (Å²) in [6.07, 6.45) is 0. The zero-order valence-electron chi connectivity index (χ0n) is 15.1. The molecule has 0 radical (unpaired) electrons. The molecule has 11 heteroatoms. The second kappa shape index (κ2) is 6.99. The molecule has 3 aromatic rings. The van der Waals surface area contributed by atoms with Crippen LogP contribution in [0, 0.1) is 5.82 Å². The number of imide groups is 1. The van der Waals surface area contributed by atoms with Crippen molar-refractivity contribution in [3.05, 3.63) is 65.3 Å². The summed E-state index contributed by atoms with van der Waals surface area (Å²) in [7, 11) is 0. The number of halogens is 2. The van der Waals surface area contributed by atoms with Crippen LogP contribution in [0.4, 0.5) is 10.1 Å². The molecule has 9 nitrogen and oxygen atoms in total. The van der Waals surface area contributed by atoms with E-state index in [4.69, 9.17) is 16.1 Å². The van der Waals surface area contributed by atoms with E-state index in [1.807, 2.05) is 0 Å². The van der Waals surface area contributed by atoms with Crippen LogP contribution in [0.1, 0.15) is 5.89 Å². The van der Waals surface area contributed by atoms with Gasteiger partial charge in [-0.15, -0.1) is 0 Å². The third-order valence-corrected chi connectivity index (χ3v) is 5.04. The van der Waals surface area contributed by atoms with Crippen molar-refractivity contribution in [3.8, 4) is 11.4 Å². The molecule has 0 spiro atoms. The molecule has 1 fully saturated rings. The van der Waals surface area contributed by atoms with Gasteiger partial charge in [-0.3, -0.25) is 14.6 Å². The molecule has 2 aliphatic rings. The lowest BCUT2D eigenvalue weighted by Crippen LogP contribution is -2.39. The third kappa shape index (κ3) is 3.01. The second-order valence-corrected chi connectivity index (χ2v) is 7.14. The van der Waals surface area contributed by atoms with Gasteiger partial charge in [0.25, 0.3) is 11.8 Å². The number of aromatic nitrogens is 2. The fourth-order valence-corrected chi connectivity index (χ4v) is 3.52. The highest BCUT2D eigenvalue weighted by Gasteiger charge is 2.55. The Labute approximate surface area is 173 Å². The van der Waals surface area contributed by atoms with Crippen molar-refractivity contribution in [2.45, 2.75) is 18.6 Å². The minimum absolute atomic E-state index is 0.0126. The smallest absolute Gasteiger partial charge is 0.263 e. The van der Waals surface area contributed by atoms with Crippen LogP contribution in [0.15, 0.2) is 63.4 Å². The van der Waals surface area contributed by atoms with Crippen LogP contribution < -0.4 is 4.90 Å². The first-order valence-corrected chi connectivity index (χ1v) is 9.28. The van der Waals surface area contributed by atoms with Gasteiger partial charge in [-0.25, -0.2) is 9.29 Å². The Balaban J connectivity index is 1.36. The van der Waals surface area contributed by atoms with Crippen molar-refractivity contribution in [2.24, 2.45) is 10.3 Å². The number of hydrogen-bond donors (Lipinski definition) is 0. The summed E-state index contributed by atoms with van der Waals surface area (Å²) >= 11 is 5.88. The number of carbonyl (C=O) groups excluding carboxylic acids is 2. The predicted molar refractivity (Wildman–Crippen MR) is 102 cm³/mol. The number of carbonyl (C=O) groups is 2. The van der Waals surface area contributed by atoms with E-state index in [0.29, 0.717) is 16.4 Å². The number of anilines is 1. The Morgan fingerprint density at radius 1 is 1.10 bits per heavy atom. The second-order valence-electron chi connectivity index (χ2n) is 6.70. The molecule has 0 N–H and O–H groups in total. The number of nitrogens with zero attached hydrogens (tertiary/aromatic N) is 6. The highest BCUT2D eigenvalue weighted by atomic mass is 35.5. The molecule has 150 valence electrons. The van der Waals surface area contributed by atoms with Gasteiger partial charge in [0, 0.05) is 10.6 Å². The highest BCUT2D eigenvalue weighted by molar-refractivity contribution is 6.30. The summed E-state index contributed by atoms with van der Waals surface area (Å²) in [6.45, 7) is -0.0126. The molecule has 2 aromatic carbocycles. The van der Waals surface area contributed by atoms with Gasteiger partial charge in [0.1, 0.15) is 12.4 Å². The van der Waals surface area contributed by atoms with E-state index in [1.54, 1.807) is 24.3 Å². The summed E-state index contributed by atoms with van der Waals surface area (Å²) in [4.78, 5) is 30.8. The van der Waals surface area contributed by atoms with Gasteiger partial charge >= 0.3 is 0 Å². The average molecular weight is 427 g/mol. The van der Waals surface area contributed by atoms with Crippen LogP contribution in [0.25, 0.3) is 11.4 Å². The van der Waals surface area contributed by atoms with E-state index in [9.17, 15) is 14.0 Å². The minimum Gasteiger partial charge on any atom is -0.337 e.